The molecule has 7 heteroatoms. The maximum Gasteiger partial charge on any atom is 0.573 e. The zero-order valence-corrected chi connectivity index (χ0v) is 12.5. The van der Waals surface area contributed by atoms with Crippen LogP contribution in [0.1, 0.15) is 23.6 Å². The monoisotopic (exact) mass is 334 g/mol. The number of hydrogen-bond acceptors (Lipinski definition) is 4. The van der Waals surface area contributed by atoms with E-state index >= 15 is 0 Å². The summed E-state index contributed by atoms with van der Waals surface area (Å²) in [5, 5.41) is 9.16. The van der Waals surface area contributed by atoms with Crippen molar-refractivity contribution in [2.45, 2.75) is 25.1 Å². The van der Waals surface area contributed by atoms with Gasteiger partial charge in [-0.15, -0.1) is 13.2 Å². The second-order valence-corrected chi connectivity index (χ2v) is 4.97. The summed E-state index contributed by atoms with van der Waals surface area (Å²) in [7, 11) is 0. The first-order valence-corrected chi connectivity index (χ1v) is 7.07. The molecule has 1 heterocycles. The zero-order chi connectivity index (χ0) is 17.6. The average molecular weight is 334 g/mol. The minimum Gasteiger partial charge on any atom is -0.406 e. The molecule has 0 N–H and O–H groups in total. The van der Waals surface area contributed by atoms with Crippen LogP contribution in [-0.2, 0) is 11.2 Å². The Kier molecular flexibility index (Phi) is 5.53. The van der Waals surface area contributed by atoms with Gasteiger partial charge in [-0.1, -0.05) is 18.2 Å². The van der Waals surface area contributed by atoms with Crippen molar-refractivity contribution in [2.75, 3.05) is 0 Å². The number of carbonyl (C=O) groups is 1. The number of pyridine rings is 1. The molecule has 4 nitrogen and oxygen atoms in total. The van der Waals surface area contributed by atoms with Crippen LogP contribution in [0.2, 0.25) is 0 Å². The van der Waals surface area contributed by atoms with E-state index in [1.807, 2.05) is 6.07 Å². The Bertz CT molecular complexity index is 722. The third-order valence-corrected chi connectivity index (χ3v) is 3.25. The van der Waals surface area contributed by atoms with Crippen LogP contribution in [0, 0.1) is 11.3 Å². The fourth-order valence-electron chi connectivity index (χ4n) is 2.12. The molecule has 24 heavy (non-hydrogen) atoms. The summed E-state index contributed by atoms with van der Waals surface area (Å²) in [4.78, 5) is 16.2. The Morgan fingerprint density at radius 3 is 2.46 bits per heavy atom. The van der Waals surface area contributed by atoms with Crippen LogP contribution in [0.4, 0.5) is 13.2 Å². The van der Waals surface area contributed by atoms with Crippen LogP contribution in [0.15, 0.2) is 48.7 Å². The van der Waals surface area contributed by atoms with Crippen molar-refractivity contribution < 1.29 is 22.7 Å². The van der Waals surface area contributed by atoms with Gasteiger partial charge in [-0.3, -0.25) is 9.78 Å². The van der Waals surface area contributed by atoms with Crippen LogP contribution in [-0.4, -0.2) is 17.1 Å². The molecule has 0 radical (unpaired) electrons. The summed E-state index contributed by atoms with van der Waals surface area (Å²) in [6, 6.07) is 12.2. The van der Waals surface area contributed by atoms with Crippen molar-refractivity contribution in [1.29, 1.82) is 5.26 Å². The number of carbonyl (C=O) groups excluding carboxylic acids is 1. The molecule has 1 aromatic heterocycles. The van der Waals surface area contributed by atoms with E-state index in [0.717, 1.165) is 0 Å². The van der Waals surface area contributed by atoms with Gasteiger partial charge in [0.15, 0.2) is 5.78 Å². The van der Waals surface area contributed by atoms with Crippen LogP contribution >= 0.6 is 0 Å². The lowest BCUT2D eigenvalue weighted by molar-refractivity contribution is -0.274. The highest BCUT2D eigenvalue weighted by atomic mass is 19.4. The first kappa shape index (κ1) is 17.5. The number of alkyl halides is 3. The standard InChI is InChI=1S/C17H13F3N2O2/c18-17(19,20)24-13-7-4-12(5-8-13)6-9-16(23)14(11-21)15-3-1-2-10-22-15/h1-5,7-8,10,14H,6,9H2/t14-/m1/s1. The molecule has 0 aliphatic carbocycles. The van der Waals surface area contributed by atoms with Crippen LogP contribution < -0.4 is 4.74 Å². The van der Waals surface area contributed by atoms with E-state index in [1.165, 1.54) is 30.5 Å². The number of hydrogen-bond donors (Lipinski definition) is 0. The fourth-order valence-corrected chi connectivity index (χ4v) is 2.12. The summed E-state index contributed by atoms with van der Waals surface area (Å²) in [5.41, 5.74) is 1.06. The third-order valence-electron chi connectivity index (χ3n) is 3.25. The minimum atomic E-state index is -4.74. The molecule has 0 bridgehead atoms. The topological polar surface area (TPSA) is 63.0 Å². The van der Waals surface area contributed by atoms with Gasteiger partial charge in [-0.25, -0.2) is 0 Å². The lowest BCUT2D eigenvalue weighted by Gasteiger charge is -2.10. The smallest absolute Gasteiger partial charge is 0.406 e. The number of Topliss-reactive ketones (excluding diaryl/α,β-unsaturated/α-hetero) is 1. The van der Waals surface area contributed by atoms with E-state index in [0.29, 0.717) is 17.7 Å². The summed E-state index contributed by atoms with van der Waals surface area (Å²) in [5.74, 6) is -1.55. The van der Waals surface area contributed by atoms with Gasteiger partial charge in [-0.05, 0) is 36.2 Å². The predicted molar refractivity (Wildman–Crippen MR) is 79.0 cm³/mol. The van der Waals surface area contributed by atoms with Crippen molar-refractivity contribution in [1.82, 2.24) is 4.98 Å². The maximum absolute atomic E-state index is 12.2. The second-order valence-electron chi connectivity index (χ2n) is 4.97. The third kappa shape index (κ3) is 5.09. The molecular formula is C17H13F3N2O2. The Morgan fingerprint density at radius 1 is 1.21 bits per heavy atom. The number of halogens is 3. The van der Waals surface area contributed by atoms with Gasteiger partial charge in [0.05, 0.1) is 11.8 Å². The van der Waals surface area contributed by atoms with Crippen LogP contribution in [0.25, 0.3) is 0 Å². The molecule has 0 saturated heterocycles. The van der Waals surface area contributed by atoms with Gasteiger partial charge in [-0.2, -0.15) is 5.26 Å². The van der Waals surface area contributed by atoms with E-state index in [9.17, 15) is 18.0 Å². The molecule has 0 saturated carbocycles. The van der Waals surface area contributed by atoms with Crippen molar-refractivity contribution in [3.05, 3.63) is 59.9 Å². The van der Waals surface area contributed by atoms with Crippen molar-refractivity contribution in [2.24, 2.45) is 0 Å². The normalized spacial score (nSPS) is 12.2. The average Bonchev–Trinajstić information content (AvgIpc) is 2.54. The highest BCUT2D eigenvalue weighted by molar-refractivity contribution is 5.88. The predicted octanol–water partition coefficient (Wildman–Crippen LogP) is 3.79. The number of nitrogens with zero attached hydrogens (tertiary/aromatic N) is 2. The Morgan fingerprint density at radius 2 is 1.92 bits per heavy atom. The van der Waals surface area contributed by atoms with Crippen molar-refractivity contribution in [3.8, 4) is 11.8 Å². The van der Waals surface area contributed by atoms with Gasteiger partial charge in [0, 0.05) is 12.6 Å². The number of ether oxygens (including phenoxy) is 1. The molecule has 1 atom stereocenters. The van der Waals surface area contributed by atoms with Crippen LogP contribution in [0.3, 0.4) is 0 Å². The van der Waals surface area contributed by atoms with E-state index in [1.54, 1.807) is 18.2 Å². The number of nitriles is 1. The van der Waals surface area contributed by atoms with E-state index < -0.39 is 12.3 Å². The quantitative estimate of drug-likeness (QED) is 0.806. The number of ketones is 1. The molecule has 0 unspecified atom stereocenters. The van der Waals surface area contributed by atoms with Crippen LogP contribution in [0.5, 0.6) is 5.75 Å². The molecule has 2 aromatic rings. The molecule has 0 amide bonds. The first-order valence-electron chi connectivity index (χ1n) is 7.07. The molecule has 0 aliphatic rings. The lowest BCUT2D eigenvalue weighted by Crippen LogP contribution is -2.17. The summed E-state index contributed by atoms with van der Waals surface area (Å²) in [6.45, 7) is 0. The Hall–Kier alpha value is -2.88. The number of rotatable bonds is 6. The van der Waals surface area contributed by atoms with Gasteiger partial charge in [0.1, 0.15) is 11.7 Å². The SMILES string of the molecule is N#C[C@@H](C(=O)CCc1ccc(OC(F)(F)F)cc1)c1ccccn1. The van der Waals surface area contributed by atoms with Gasteiger partial charge in [0.2, 0.25) is 0 Å². The number of aromatic nitrogens is 1. The fraction of sp³-hybridized carbons (Fsp3) is 0.235. The van der Waals surface area contributed by atoms with E-state index in [2.05, 4.69) is 9.72 Å². The zero-order valence-electron chi connectivity index (χ0n) is 12.5. The molecule has 124 valence electrons. The molecule has 0 fully saturated rings. The van der Waals surface area contributed by atoms with Crippen molar-refractivity contribution in [3.63, 3.8) is 0 Å². The van der Waals surface area contributed by atoms with E-state index in [-0.39, 0.29) is 18.0 Å². The largest absolute Gasteiger partial charge is 0.573 e. The molecule has 1 aromatic carbocycles. The lowest BCUT2D eigenvalue weighted by atomic mass is 9.96. The Labute approximate surface area is 136 Å². The molecule has 0 spiro atoms. The van der Waals surface area contributed by atoms with E-state index in [4.69, 9.17) is 5.26 Å². The number of benzene rings is 1. The summed E-state index contributed by atoms with van der Waals surface area (Å²) < 4.78 is 40.0. The molecular weight excluding hydrogens is 321 g/mol. The molecule has 0 aliphatic heterocycles. The summed E-state index contributed by atoms with van der Waals surface area (Å²) >= 11 is 0. The summed E-state index contributed by atoms with van der Waals surface area (Å²) in [6.07, 6.45) is -2.82. The first-order chi connectivity index (χ1) is 11.4. The Balaban J connectivity index is 1.95. The highest BCUT2D eigenvalue weighted by Gasteiger charge is 2.31. The van der Waals surface area contributed by atoms with Gasteiger partial charge < -0.3 is 4.74 Å². The number of aryl methyl sites for hydroxylation is 1. The van der Waals surface area contributed by atoms with Gasteiger partial charge >= 0.3 is 6.36 Å². The second kappa shape index (κ2) is 7.59. The van der Waals surface area contributed by atoms with Crippen molar-refractivity contribution >= 4 is 5.78 Å². The van der Waals surface area contributed by atoms with Gasteiger partial charge in [0.25, 0.3) is 0 Å². The highest BCUT2D eigenvalue weighted by Crippen LogP contribution is 2.23. The minimum absolute atomic E-state index is 0.0915. The molecule has 2 rings (SSSR count). The maximum atomic E-state index is 12.2.